The summed E-state index contributed by atoms with van der Waals surface area (Å²) in [5, 5.41) is 11.0. The molecule has 0 radical (unpaired) electrons. The summed E-state index contributed by atoms with van der Waals surface area (Å²) < 4.78 is 0. The molecule has 130 valence electrons. The Hall–Kier alpha value is -2.26. The van der Waals surface area contributed by atoms with Gasteiger partial charge in [0, 0.05) is 28.0 Å². The van der Waals surface area contributed by atoms with Crippen LogP contribution in [0.5, 0.6) is 0 Å². The fourth-order valence-electron chi connectivity index (χ4n) is 3.20. The summed E-state index contributed by atoms with van der Waals surface area (Å²) in [4.78, 5) is 14.7. The van der Waals surface area contributed by atoms with E-state index in [9.17, 15) is 9.90 Å². The maximum absolute atomic E-state index is 11.5. The molecule has 1 atom stereocenters. The number of carboxylic acid groups (broad SMARTS) is 1. The summed E-state index contributed by atoms with van der Waals surface area (Å²) in [6, 6.07) is 13.9. The maximum Gasteiger partial charge on any atom is 0.304 e. The van der Waals surface area contributed by atoms with E-state index in [1.54, 1.807) is 0 Å². The molecular formula is C21H22ClNO2. The minimum atomic E-state index is -0.818. The van der Waals surface area contributed by atoms with Crippen LogP contribution in [0.1, 0.15) is 49.8 Å². The van der Waals surface area contributed by atoms with Gasteiger partial charge in [-0.15, -0.1) is 0 Å². The van der Waals surface area contributed by atoms with Gasteiger partial charge in [-0.2, -0.15) is 0 Å². The zero-order chi connectivity index (χ0) is 18.2. The third-order valence-corrected chi connectivity index (χ3v) is 4.84. The summed E-state index contributed by atoms with van der Waals surface area (Å²) in [5.41, 5.74) is 4.21. The number of carboxylic acids is 1. The minimum Gasteiger partial charge on any atom is -0.481 e. The zero-order valence-electron chi connectivity index (χ0n) is 14.6. The third kappa shape index (κ3) is 3.72. The van der Waals surface area contributed by atoms with E-state index < -0.39 is 5.97 Å². The number of aromatic amines is 1. The fourth-order valence-corrected chi connectivity index (χ4v) is 3.37. The third-order valence-electron chi connectivity index (χ3n) is 4.61. The quantitative estimate of drug-likeness (QED) is 0.628. The van der Waals surface area contributed by atoms with Gasteiger partial charge in [-0.25, -0.2) is 0 Å². The van der Waals surface area contributed by atoms with Crippen LogP contribution in [0.4, 0.5) is 0 Å². The molecule has 3 rings (SSSR count). The molecule has 0 saturated carbocycles. The second kappa shape index (κ2) is 6.57. The Morgan fingerprint density at radius 1 is 1.16 bits per heavy atom. The molecule has 0 aliphatic heterocycles. The van der Waals surface area contributed by atoms with Crippen LogP contribution in [0.2, 0.25) is 5.02 Å². The Bertz CT molecular complexity index is 904. The molecule has 3 nitrogen and oxygen atoms in total. The van der Waals surface area contributed by atoms with Gasteiger partial charge < -0.3 is 10.1 Å². The fraction of sp³-hybridized carbons (Fsp3) is 0.286. The van der Waals surface area contributed by atoms with Gasteiger partial charge in [-0.05, 0) is 40.3 Å². The minimum absolute atomic E-state index is 0.0360. The number of fused-ring (bicyclic) bond motifs is 1. The van der Waals surface area contributed by atoms with Crippen LogP contribution in [-0.2, 0) is 10.2 Å². The van der Waals surface area contributed by atoms with Gasteiger partial charge in [-0.1, -0.05) is 56.6 Å². The van der Waals surface area contributed by atoms with Crippen LogP contribution < -0.4 is 0 Å². The second-order valence-electron chi connectivity index (χ2n) is 7.46. The number of nitrogens with one attached hydrogen (secondary N) is 1. The van der Waals surface area contributed by atoms with Crippen LogP contribution in [0.3, 0.4) is 0 Å². The molecule has 0 amide bonds. The number of rotatable bonds is 4. The van der Waals surface area contributed by atoms with Crippen LogP contribution >= 0.6 is 11.6 Å². The van der Waals surface area contributed by atoms with E-state index in [4.69, 9.17) is 11.6 Å². The summed E-state index contributed by atoms with van der Waals surface area (Å²) in [6.07, 6.45) is 1.93. The van der Waals surface area contributed by atoms with Gasteiger partial charge in [0.15, 0.2) is 0 Å². The number of halogens is 1. The molecule has 0 spiro atoms. The number of aromatic nitrogens is 1. The summed E-state index contributed by atoms with van der Waals surface area (Å²) in [6.45, 7) is 6.50. The number of aliphatic carboxylic acids is 1. The van der Waals surface area contributed by atoms with Crippen molar-refractivity contribution in [1.82, 2.24) is 4.98 Å². The molecule has 0 aliphatic carbocycles. The van der Waals surface area contributed by atoms with E-state index in [0.717, 1.165) is 22.0 Å². The highest BCUT2D eigenvalue weighted by atomic mass is 35.5. The lowest BCUT2D eigenvalue weighted by molar-refractivity contribution is -0.137. The number of carbonyl (C=O) groups is 1. The lowest BCUT2D eigenvalue weighted by Crippen LogP contribution is -2.12. The first-order valence-electron chi connectivity index (χ1n) is 8.34. The average molecular weight is 356 g/mol. The Labute approximate surface area is 152 Å². The first kappa shape index (κ1) is 17.6. The van der Waals surface area contributed by atoms with Gasteiger partial charge in [-0.3, -0.25) is 4.79 Å². The summed E-state index contributed by atoms with van der Waals surface area (Å²) in [5.74, 6) is -1.04. The highest BCUT2D eigenvalue weighted by Gasteiger charge is 2.22. The Morgan fingerprint density at radius 2 is 1.84 bits per heavy atom. The highest BCUT2D eigenvalue weighted by molar-refractivity contribution is 6.31. The first-order chi connectivity index (χ1) is 11.8. The monoisotopic (exact) mass is 355 g/mol. The highest BCUT2D eigenvalue weighted by Crippen LogP contribution is 2.35. The van der Waals surface area contributed by atoms with Crippen molar-refractivity contribution >= 4 is 28.5 Å². The van der Waals surface area contributed by atoms with E-state index >= 15 is 0 Å². The molecule has 0 saturated heterocycles. The largest absolute Gasteiger partial charge is 0.481 e. The van der Waals surface area contributed by atoms with Gasteiger partial charge in [0.25, 0.3) is 0 Å². The average Bonchev–Trinajstić information content (AvgIpc) is 2.94. The van der Waals surface area contributed by atoms with Crippen LogP contribution in [0, 0.1) is 0 Å². The molecule has 0 aliphatic rings. The molecular weight excluding hydrogens is 334 g/mol. The molecule has 1 aromatic heterocycles. The van der Waals surface area contributed by atoms with Crippen molar-refractivity contribution in [3.8, 4) is 0 Å². The van der Waals surface area contributed by atoms with Gasteiger partial charge in [0.2, 0.25) is 0 Å². The van der Waals surface area contributed by atoms with Gasteiger partial charge >= 0.3 is 5.97 Å². The van der Waals surface area contributed by atoms with Crippen molar-refractivity contribution in [3.63, 3.8) is 0 Å². The molecule has 2 aromatic carbocycles. The zero-order valence-corrected chi connectivity index (χ0v) is 15.4. The first-order valence-corrected chi connectivity index (χ1v) is 8.72. The van der Waals surface area contributed by atoms with Crippen molar-refractivity contribution in [2.45, 2.75) is 38.5 Å². The normalized spacial score (nSPS) is 13.1. The number of hydrogen-bond donors (Lipinski definition) is 2. The van der Waals surface area contributed by atoms with Crippen LogP contribution in [0.15, 0.2) is 48.7 Å². The molecule has 2 N–H and O–H groups in total. The Morgan fingerprint density at radius 3 is 2.44 bits per heavy atom. The molecule has 1 heterocycles. The van der Waals surface area contributed by atoms with Crippen molar-refractivity contribution in [1.29, 1.82) is 0 Å². The lowest BCUT2D eigenvalue weighted by Gasteiger charge is -2.21. The van der Waals surface area contributed by atoms with E-state index in [1.807, 2.05) is 36.5 Å². The SMILES string of the molecule is CC(C)(C)c1ccc([C@H](CC(=O)O)c2c[nH]c3ccc(Cl)cc23)cc1. The number of benzene rings is 2. The molecule has 3 aromatic rings. The Kier molecular flexibility index (Phi) is 4.61. The molecule has 0 bridgehead atoms. The lowest BCUT2D eigenvalue weighted by atomic mass is 9.83. The predicted molar refractivity (Wildman–Crippen MR) is 103 cm³/mol. The van der Waals surface area contributed by atoms with E-state index in [-0.39, 0.29) is 17.8 Å². The predicted octanol–water partition coefficient (Wildman–Crippen LogP) is 5.73. The Balaban J connectivity index is 2.08. The van der Waals surface area contributed by atoms with Crippen molar-refractivity contribution in [2.75, 3.05) is 0 Å². The topological polar surface area (TPSA) is 53.1 Å². The van der Waals surface area contributed by atoms with Crippen molar-refractivity contribution in [2.24, 2.45) is 0 Å². The molecule has 0 fully saturated rings. The van der Waals surface area contributed by atoms with Gasteiger partial charge in [0.1, 0.15) is 0 Å². The van der Waals surface area contributed by atoms with E-state index in [0.29, 0.717) is 5.02 Å². The second-order valence-corrected chi connectivity index (χ2v) is 7.89. The molecule has 4 heteroatoms. The van der Waals surface area contributed by atoms with Crippen molar-refractivity contribution in [3.05, 3.63) is 70.4 Å². The number of H-pyrrole nitrogens is 1. The molecule has 25 heavy (non-hydrogen) atoms. The summed E-state index contributed by atoms with van der Waals surface area (Å²) >= 11 is 6.14. The van der Waals surface area contributed by atoms with E-state index in [1.165, 1.54) is 5.56 Å². The maximum atomic E-state index is 11.5. The standard InChI is InChI=1S/C21H22ClNO2/c1-21(2,3)14-6-4-13(5-7-14)16(11-20(24)25)18-12-23-19-9-8-15(22)10-17(18)19/h4-10,12,16,23H,11H2,1-3H3,(H,24,25)/t16-/m0/s1. The van der Waals surface area contributed by atoms with E-state index in [2.05, 4.69) is 37.9 Å². The van der Waals surface area contributed by atoms with Crippen molar-refractivity contribution < 1.29 is 9.90 Å². The molecule has 0 unspecified atom stereocenters. The summed E-state index contributed by atoms with van der Waals surface area (Å²) in [7, 11) is 0. The van der Waals surface area contributed by atoms with Gasteiger partial charge in [0.05, 0.1) is 6.42 Å². The van der Waals surface area contributed by atoms with Crippen LogP contribution in [-0.4, -0.2) is 16.1 Å². The smallest absolute Gasteiger partial charge is 0.304 e. The number of hydrogen-bond acceptors (Lipinski definition) is 1. The van der Waals surface area contributed by atoms with Crippen LogP contribution in [0.25, 0.3) is 10.9 Å².